The molecule has 4 atom stereocenters. The van der Waals surface area contributed by atoms with Crippen LogP contribution in [0.4, 0.5) is 5.00 Å². The predicted molar refractivity (Wildman–Crippen MR) is 103 cm³/mol. The molecule has 1 heterocycles. The molecular weight excluding hydrogens is 378 g/mol. The van der Waals surface area contributed by atoms with Crippen molar-refractivity contribution in [3.63, 3.8) is 0 Å². The summed E-state index contributed by atoms with van der Waals surface area (Å²) in [4.78, 5) is 38.8. The number of fused-ring (bicyclic) bond motifs is 3. The standard InChI is InChI=1S/C21H25NO5S/c1-3-27-19(24)15-13-6-4-5-7-14(13)28-18(15)22-17(23)16-11-8-9-12(10-11)21(16,2)20(25)26/h8-9,11-12,16H,3-7,10H2,1-2H3,(H,22,23)(H,25,26)/p-1/t11-,12-,16-,21+/m1/s1. The molecule has 0 unspecified atom stereocenters. The van der Waals surface area contributed by atoms with E-state index in [-0.39, 0.29) is 24.3 Å². The zero-order chi connectivity index (χ0) is 20.1. The Hall–Kier alpha value is -2.15. The number of carboxylic acids is 1. The molecule has 2 bridgehead atoms. The van der Waals surface area contributed by atoms with Gasteiger partial charge in [0.1, 0.15) is 5.00 Å². The number of hydrogen-bond donors (Lipinski definition) is 1. The summed E-state index contributed by atoms with van der Waals surface area (Å²) in [5, 5.41) is 15.3. The molecule has 4 rings (SSSR count). The van der Waals surface area contributed by atoms with Gasteiger partial charge in [-0.15, -0.1) is 11.3 Å². The highest BCUT2D eigenvalue weighted by molar-refractivity contribution is 7.17. The Morgan fingerprint density at radius 1 is 1.29 bits per heavy atom. The molecule has 6 nitrogen and oxygen atoms in total. The van der Waals surface area contributed by atoms with Crippen molar-refractivity contribution in [3.05, 3.63) is 28.2 Å². The lowest BCUT2D eigenvalue weighted by molar-refractivity contribution is -0.321. The number of amides is 1. The zero-order valence-electron chi connectivity index (χ0n) is 16.1. The van der Waals surface area contributed by atoms with Crippen molar-refractivity contribution in [1.29, 1.82) is 0 Å². The third-order valence-corrected chi connectivity index (χ3v) is 7.78. The Morgan fingerprint density at radius 3 is 2.75 bits per heavy atom. The molecule has 1 aromatic heterocycles. The number of hydrogen-bond acceptors (Lipinski definition) is 6. The SMILES string of the molecule is CCOC(=O)c1c(NC(=O)[C@H]2[C@@H]3C=C[C@H](C3)[C@]2(C)C(=O)[O-])sc2c1CCCC2. The van der Waals surface area contributed by atoms with Crippen LogP contribution in [0.2, 0.25) is 0 Å². The fourth-order valence-corrected chi connectivity index (χ4v) is 6.38. The van der Waals surface area contributed by atoms with E-state index in [1.807, 2.05) is 12.2 Å². The molecular formula is C21H24NO5S-. The largest absolute Gasteiger partial charge is 0.550 e. The average molecular weight is 402 g/mol. The third-order valence-electron chi connectivity index (χ3n) is 6.57. The normalized spacial score (nSPS) is 30.1. The van der Waals surface area contributed by atoms with E-state index < -0.39 is 23.3 Å². The summed E-state index contributed by atoms with van der Waals surface area (Å²) < 4.78 is 5.23. The lowest BCUT2D eigenvalue weighted by atomic mass is 9.69. The number of nitrogens with one attached hydrogen (secondary N) is 1. The molecule has 1 saturated carbocycles. The van der Waals surface area contributed by atoms with E-state index in [9.17, 15) is 19.5 Å². The maximum atomic E-state index is 13.2. The summed E-state index contributed by atoms with van der Waals surface area (Å²) in [6.45, 7) is 3.62. The highest BCUT2D eigenvalue weighted by atomic mass is 32.1. The third kappa shape index (κ3) is 2.79. The molecule has 1 N–H and O–H groups in total. The second-order valence-electron chi connectivity index (χ2n) is 8.06. The summed E-state index contributed by atoms with van der Waals surface area (Å²) in [7, 11) is 0. The minimum absolute atomic E-state index is 0.117. The topological polar surface area (TPSA) is 95.5 Å². The molecule has 0 aliphatic heterocycles. The van der Waals surface area contributed by atoms with Crippen molar-refractivity contribution in [2.45, 2.75) is 46.0 Å². The first-order valence-corrected chi connectivity index (χ1v) is 10.7. The van der Waals surface area contributed by atoms with Crippen molar-refractivity contribution < 1.29 is 24.2 Å². The zero-order valence-corrected chi connectivity index (χ0v) is 16.9. The van der Waals surface area contributed by atoms with E-state index in [0.717, 1.165) is 36.1 Å². The first-order chi connectivity index (χ1) is 13.4. The molecule has 0 radical (unpaired) electrons. The van der Waals surface area contributed by atoms with Gasteiger partial charge in [0.25, 0.3) is 0 Å². The van der Waals surface area contributed by atoms with Gasteiger partial charge in [0.15, 0.2) is 0 Å². The Balaban J connectivity index is 1.67. The molecule has 7 heteroatoms. The summed E-state index contributed by atoms with van der Waals surface area (Å²) in [5.41, 5.74) is 0.189. The molecule has 3 aliphatic carbocycles. The second kappa shape index (κ2) is 7.03. The number of carbonyl (C=O) groups excluding carboxylic acids is 3. The average Bonchev–Trinajstić information content (AvgIpc) is 3.33. The Bertz CT molecular complexity index is 872. The summed E-state index contributed by atoms with van der Waals surface area (Å²) in [6, 6.07) is 0. The van der Waals surface area contributed by atoms with Crippen molar-refractivity contribution >= 4 is 34.2 Å². The van der Waals surface area contributed by atoms with Crippen molar-refractivity contribution in [1.82, 2.24) is 0 Å². The fraction of sp³-hybridized carbons (Fsp3) is 0.571. The van der Waals surface area contributed by atoms with Gasteiger partial charge in [-0.1, -0.05) is 19.1 Å². The van der Waals surface area contributed by atoms with Crippen LogP contribution in [0.15, 0.2) is 12.2 Å². The van der Waals surface area contributed by atoms with Gasteiger partial charge in [-0.3, -0.25) is 4.79 Å². The molecule has 3 aliphatic rings. The van der Waals surface area contributed by atoms with E-state index in [0.29, 0.717) is 17.0 Å². The number of allylic oxidation sites excluding steroid dienone is 2. The number of aliphatic carboxylic acids is 1. The molecule has 1 aromatic rings. The Morgan fingerprint density at radius 2 is 2.04 bits per heavy atom. The maximum Gasteiger partial charge on any atom is 0.341 e. The molecule has 1 fully saturated rings. The predicted octanol–water partition coefficient (Wildman–Crippen LogP) is 2.32. The van der Waals surface area contributed by atoms with Crippen LogP contribution in [0.5, 0.6) is 0 Å². The van der Waals surface area contributed by atoms with Crippen LogP contribution in [0.1, 0.15) is 53.9 Å². The van der Waals surface area contributed by atoms with Gasteiger partial charge >= 0.3 is 5.97 Å². The Kier molecular flexibility index (Phi) is 4.81. The number of rotatable bonds is 5. The van der Waals surface area contributed by atoms with Crippen LogP contribution in [0.25, 0.3) is 0 Å². The minimum Gasteiger partial charge on any atom is -0.550 e. The highest BCUT2D eigenvalue weighted by Gasteiger charge is 2.57. The van der Waals surface area contributed by atoms with E-state index in [2.05, 4.69) is 5.32 Å². The number of aryl methyl sites for hydroxylation is 1. The van der Waals surface area contributed by atoms with Gasteiger partial charge in [-0.25, -0.2) is 4.79 Å². The lowest BCUT2D eigenvalue weighted by Crippen LogP contribution is -2.51. The molecule has 150 valence electrons. The summed E-state index contributed by atoms with van der Waals surface area (Å²) >= 11 is 1.42. The smallest absolute Gasteiger partial charge is 0.341 e. The first kappa shape index (κ1) is 19.2. The quantitative estimate of drug-likeness (QED) is 0.602. The van der Waals surface area contributed by atoms with Crippen molar-refractivity contribution in [2.75, 3.05) is 11.9 Å². The number of ether oxygens (including phenoxy) is 1. The number of anilines is 1. The van der Waals surface area contributed by atoms with Gasteiger partial charge in [0.05, 0.1) is 18.1 Å². The van der Waals surface area contributed by atoms with Crippen LogP contribution >= 0.6 is 11.3 Å². The van der Waals surface area contributed by atoms with Crippen LogP contribution in [0, 0.1) is 23.2 Å². The molecule has 0 aromatic carbocycles. The monoisotopic (exact) mass is 402 g/mol. The number of thiophene rings is 1. The fourth-order valence-electron chi connectivity index (χ4n) is 5.10. The lowest BCUT2D eigenvalue weighted by Gasteiger charge is -2.38. The van der Waals surface area contributed by atoms with Crippen molar-refractivity contribution in [2.24, 2.45) is 23.2 Å². The number of esters is 1. The number of carboxylic acid groups (broad SMARTS) is 1. The molecule has 28 heavy (non-hydrogen) atoms. The van der Waals surface area contributed by atoms with Gasteiger partial charge < -0.3 is 20.0 Å². The van der Waals surface area contributed by atoms with Crippen LogP contribution < -0.4 is 10.4 Å². The minimum atomic E-state index is -1.23. The van der Waals surface area contributed by atoms with Crippen LogP contribution in [-0.4, -0.2) is 24.5 Å². The van der Waals surface area contributed by atoms with E-state index in [1.165, 1.54) is 11.3 Å². The number of carbonyl (C=O) groups is 3. The van der Waals surface area contributed by atoms with Crippen LogP contribution in [0.3, 0.4) is 0 Å². The van der Waals surface area contributed by atoms with Crippen molar-refractivity contribution in [3.8, 4) is 0 Å². The van der Waals surface area contributed by atoms with E-state index in [4.69, 9.17) is 4.74 Å². The van der Waals surface area contributed by atoms with E-state index in [1.54, 1.807) is 13.8 Å². The molecule has 1 amide bonds. The van der Waals surface area contributed by atoms with Gasteiger partial charge in [0.2, 0.25) is 5.91 Å². The molecule has 0 saturated heterocycles. The second-order valence-corrected chi connectivity index (χ2v) is 9.17. The van der Waals surface area contributed by atoms with Gasteiger partial charge in [-0.2, -0.15) is 0 Å². The van der Waals surface area contributed by atoms with Gasteiger partial charge in [-0.05, 0) is 56.4 Å². The maximum absolute atomic E-state index is 13.2. The highest BCUT2D eigenvalue weighted by Crippen LogP contribution is 2.56. The summed E-state index contributed by atoms with van der Waals surface area (Å²) in [5.74, 6) is -2.99. The molecule has 0 spiro atoms. The summed E-state index contributed by atoms with van der Waals surface area (Å²) in [6.07, 6.45) is 8.21. The van der Waals surface area contributed by atoms with Gasteiger partial charge in [0, 0.05) is 16.3 Å². The van der Waals surface area contributed by atoms with E-state index >= 15 is 0 Å². The first-order valence-electron chi connectivity index (χ1n) is 9.90. The Labute approximate surface area is 168 Å². The van der Waals surface area contributed by atoms with Crippen LogP contribution in [-0.2, 0) is 27.2 Å².